The predicted molar refractivity (Wildman–Crippen MR) is 74.6 cm³/mol. The van der Waals surface area contributed by atoms with Gasteiger partial charge in [-0.1, -0.05) is 0 Å². The number of thiazole rings is 1. The maximum atomic E-state index is 7.14. The topological polar surface area (TPSA) is 70.8 Å². The highest BCUT2D eigenvalue weighted by molar-refractivity contribution is 7.09. The number of nitrogens with zero attached hydrogens (tertiary/aromatic N) is 4. The monoisotopic (exact) mass is 290 g/mol. The molecule has 19 heavy (non-hydrogen) atoms. The van der Waals surface area contributed by atoms with E-state index in [9.17, 15) is 0 Å². The van der Waals surface area contributed by atoms with Crippen molar-refractivity contribution in [3.63, 3.8) is 0 Å². The molecular weight excluding hydrogens is 284 g/mol. The lowest BCUT2D eigenvalue weighted by Crippen LogP contribution is -2.02. The second-order valence-electron chi connectivity index (χ2n) is 3.63. The second kappa shape index (κ2) is 4.84. The Morgan fingerprint density at radius 2 is 2.37 bits per heavy atom. The molecule has 3 rings (SSSR count). The maximum absolute atomic E-state index is 7.14. The van der Waals surface area contributed by atoms with Crippen molar-refractivity contribution < 1.29 is 0 Å². The molecule has 3 heterocycles. The van der Waals surface area contributed by atoms with Gasteiger partial charge in [-0.3, -0.25) is 0 Å². The summed E-state index contributed by atoms with van der Waals surface area (Å²) in [6.45, 7) is 7.67. The molecule has 0 aliphatic heterocycles. The normalized spacial score (nSPS) is 10.5. The average Bonchev–Trinajstić information content (AvgIpc) is 3.04. The van der Waals surface area contributed by atoms with Crippen molar-refractivity contribution >= 4 is 45.5 Å². The molecule has 3 aromatic heterocycles. The van der Waals surface area contributed by atoms with Crippen LogP contribution in [0.15, 0.2) is 17.8 Å². The van der Waals surface area contributed by atoms with Crippen molar-refractivity contribution in [2.45, 2.75) is 6.54 Å². The number of halogens is 1. The van der Waals surface area contributed by atoms with E-state index >= 15 is 0 Å². The zero-order chi connectivity index (χ0) is 13.2. The molecule has 0 saturated carbocycles. The van der Waals surface area contributed by atoms with Crippen molar-refractivity contribution in [2.75, 3.05) is 5.32 Å². The smallest absolute Gasteiger partial charge is 0.226 e. The van der Waals surface area contributed by atoms with E-state index in [1.165, 1.54) is 0 Å². The van der Waals surface area contributed by atoms with Crippen LogP contribution in [0.4, 0.5) is 11.5 Å². The van der Waals surface area contributed by atoms with Gasteiger partial charge < -0.3 is 10.3 Å². The SMILES string of the molecule is [C-]#[N+]c1c[nH]c2nc(Cl)nc(NCc3nccs3)c12. The molecule has 0 aliphatic rings. The lowest BCUT2D eigenvalue weighted by atomic mass is 10.3. The third-order valence-corrected chi connectivity index (χ3v) is 3.44. The van der Waals surface area contributed by atoms with E-state index in [1.807, 2.05) is 5.38 Å². The lowest BCUT2D eigenvalue weighted by molar-refractivity contribution is 1.07. The van der Waals surface area contributed by atoms with E-state index in [0.717, 1.165) is 5.01 Å². The van der Waals surface area contributed by atoms with Crippen LogP contribution in [0.25, 0.3) is 15.9 Å². The van der Waals surface area contributed by atoms with Gasteiger partial charge in [-0.25, -0.2) is 19.8 Å². The zero-order valence-corrected chi connectivity index (χ0v) is 11.1. The Bertz CT molecular complexity index is 757. The molecule has 0 bridgehead atoms. The fraction of sp³-hybridized carbons (Fsp3) is 0.0909. The Morgan fingerprint density at radius 1 is 1.47 bits per heavy atom. The van der Waals surface area contributed by atoms with Gasteiger partial charge in [0.15, 0.2) is 0 Å². The molecule has 0 saturated heterocycles. The van der Waals surface area contributed by atoms with Crippen molar-refractivity contribution in [1.29, 1.82) is 0 Å². The van der Waals surface area contributed by atoms with Crippen LogP contribution < -0.4 is 5.32 Å². The molecule has 0 amide bonds. The minimum absolute atomic E-state index is 0.132. The Labute approximate surface area is 117 Å². The summed E-state index contributed by atoms with van der Waals surface area (Å²) < 4.78 is 0. The summed E-state index contributed by atoms with van der Waals surface area (Å²) in [4.78, 5) is 18.7. The average molecular weight is 291 g/mol. The Hall–Kier alpha value is -2.17. The molecule has 8 heteroatoms. The van der Waals surface area contributed by atoms with Crippen LogP contribution in [0.2, 0.25) is 5.28 Å². The van der Waals surface area contributed by atoms with Gasteiger partial charge in [0.2, 0.25) is 11.0 Å². The van der Waals surface area contributed by atoms with Crippen molar-refractivity contribution in [3.05, 3.63) is 39.5 Å². The minimum atomic E-state index is 0.132. The van der Waals surface area contributed by atoms with E-state index in [4.69, 9.17) is 18.2 Å². The Kier molecular flexibility index (Phi) is 3.03. The molecule has 0 spiro atoms. The first-order chi connectivity index (χ1) is 9.28. The van der Waals surface area contributed by atoms with Gasteiger partial charge in [0.25, 0.3) is 0 Å². The maximum Gasteiger partial charge on any atom is 0.226 e. The van der Waals surface area contributed by atoms with Crippen molar-refractivity contribution in [1.82, 2.24) is 19.9 Å². The summed E-state index contributed by atoms with van der Waals surface area (Å²) in [5, 5.41) is 6.76. The lowest BCUT2D eigenvalue weighted by Gasteiger charge is -2.05. The highest BCUT2D eigenvalue weighted by Gasteiger charge is 2.13. The molecule has 0 aliphatic carbocycles. The van der Waals surface area contributed by atoms with E-state index in [1.54, 1.807) is 23.7 Å². The number of hydrogen-bond donors (Lipinski definition) is 2. The first kappa shape index (κ1) is 11.9. The molecule has 0 radical (unpaired) electrons. The molecule has 6 nitrogen and oxygen atoms in total. The molecule has 2 N–H and O–H groups in total. The number of rotatable bonds is 3. The largest absolute Gasteiger partial charge is 0.364 e. The molecule has 0 atom stereocenters. The number of nitrogens with one attached hydrogen (secondary N) is 2. The van der Waals surface area contributed by atoms with E-state index in [0.29, 0.717) is 29.1 Å². The van der Waals surface area contributed by atoms with Crippen LogP contribution in [0, 0.1) is 6.57 Å². The number of hydrogen-bond acceptors (Lipinski definition) is 5. The van der Waals surface area contributed by atoms with Crippen LogP contribution in [0.5, 0.6) is 0 Å². The molecule has 0 fully saturated rings. The highest BCUT2D eigenvalue weighted by atomic mass is 35.5. The summed E-state index contributed by atoms with van der Waals surface area (Å²) in [6.07, 6.45) is 3.34. The summed E-state index contributed by atoms with van der Waals surface area (Å²) in [7, 11) is 0. The fourth-order valence-electron chi connectivity index (χ4n) is 1.71. The number of H-pyrrole nitrogens is 1. The van der Waals surface area contributed by atoms with Gasteiger partial charge in [0, 0.05) is 17.8 Å². The van der Waals surface area contributed by atoms with Crippen LogP contribution in [-0.2, 0) is 6.54 Å². The highest BCUT2D eigenvalue weighted by Crippen LogP contribution is 2.31. The van der Waals surface area contributed by atoms with E-state index < -0.39 is 0 Å². The fourth-order valence-corrected chi connectivity index (χ4v) is 2.43. The van der Waals surface area contributed by atoms with Gasteiger partial charge in [0.1, 0.15) is 16.5 Å². The van der Waals surface area contributed by atoms with Crippen LogP contribution in [0.1, 0.15) is 5.01 Å². The van der Waals surface area contributed by atoms with Crippen molar-refractivity contribution in [3.8, 4) is 0 Å². The number of aromatic amines is 1. The molecule has 3 aromatic rings. The Morgan fingerprint density at radius 3 is 3.11 bits per heavy atom. The quantitative estimate of drug-likeness (QED) is 0.574. The van der Waals surface area contributed by atoms with Gasteiger partial charge in [-0.15, -0.1) is 11.3 Å². The molecular formula is C11H7ClN6S. The first-order valence-electron chi connectivity index (χ1n) is 5.32. The summed E-state index contributed by atoms with van der Waals surface area (Å²) in [6, 6.07) is 0. The van der Waals surface area contributed by atoms with Gasteiger partial charge in [0.05, 0.1) is 18.5 Å². The molecule has 0 unspecified atom stereocenters. The number of fused-ring (bicyclic) bond motifs is 1. The number of anilines is 1. The minimum Gasteiger partial charge on any atom is -0.364 e. The summed E-state index contributed by atoms with van der Waals surface area (Å²) in [5.41, 5.74) is 1.01. The summed E-state index contributed by atoms with van der Waals surface area (Å²) >= 11 is 7.41. The molecule has 94 valence electrons. The standard InChI is InChI=1S/C11H7ClN6S/c1-13-6-4-15-9-8(6)10(18-11(12)17-9)16-5-7-14-2-3-19-7/h2-4H,5H2,(H2,15,16,17,18). The third-order valence-electron chi connectivity index (χ3n) is 2.49. The number of aromatic nitrogens is 4. The van der Waals surface area contributed by atoms with Gasteiger partial charge in [-0.05, 0) is 11.6 Å². The van der Waals surface area contributed by atoms with E-state index in [-0.39, 0.29) is 5.28 Å². The van der Waals surface area contributed by atoms with Crippen LogP contribution in [-0.4, -0.2) is 19.9 Å². The third kappa shape index (κ3) is 2.23. The van der Waals surface area contributed by atoms with Crippen molar-refractivity contribution in [2.24, 2.45) is 0 Å². The van der Waals surface area contributed by atoms with Gasteiger partial charge >= 0.3 is 0 Å². The Balaban J connectivity index is 2.01. The zero-order valence-electron chi connectivity index (χ0n) is 9.51. The molecule has 0 aromatic carbocycles. The van der Waals surface area contributed by atoms with Crippen LogP contribution >= 0.6 is 22.9 Å². The second-order valence-corrected chi connectivity index (χ2v) is 4.95. The summed E-state index contributed by atoms with van der Waals surface area (Å²) in [5.74, 6) is 0.539. The van der Waals surface area contributed by atoms with E-state index in [2.05, 4.69) is 30.1 Å². The first-order valence-corrected chi connectivity index (χ1v) is 6.58. The predicted octanol–water partition coefficient (Wildman–Crippen LogP) is 3.23. The van der Waals surface area contributed by atoms with Gasteiger partial charge in [-0.2, -0.15) is 0 Å². The van der Waals surface area contributed by atoms with Crippen LogP contribution in [0.3, 0.4) is 0 Å².